The first-order chi connectivity index (χ1) is 12.6. The summed E-state index contributed by atoms with van der Waals surface area (Å²) in [7, 11) is 3.02. The molecule has 0 bridgehead atoms. The van der Waals surface area contributed by atoms with Gasteiger partial charge in [0, 0.05) is 11.8 Å². The minimum absolute atomic E-state index is 0.272. The summed E-state index contributed by atoms with van der Waals surface area (Å²) < 4.78 is 20.8. The molecule has 0 saturated heterocycles. The summed E-state index contributed by atoms with van der Waals surface area (Å²) in [4.78, 5) is 24.2. The Labute approximate surface area is 151 Å². The predicted molar refractivity (Wildman–Crippen MR) is 96.1 cm³/mol. The minimum atomic E-state index is -0.628. The van der Waals surface area contributed by atoms with Gasteiger partial charge in [0.25, 0.3) is 5.91 Å². The average molecular weight is 359 g/mol. The smallest absolute Gasteiger partial charge is 0.342 e. The maximum atomic E-state index is 12.2. The van der Waals surface area contributed by atoms with Gasteiger partial charge in [0.05, 0.1) is 20.8 Å². The number of rotatable bonds is 8. The fourth-order valence-corrected chi connectivity index (χ4v) is 2.24. The van der Waals surface area contributed by atoms with Crippen LogP contribution in [0, 0.1) is 0 Å². The molecule has 0 saturated carbocycles. The summed E-state index contributed by atoms with van der Waals surface area (Å²) in [6.45, 7) is 1.82. The Morgan fingerprint density at radius 1 is 0.962 bits per heavy atom. The predicted octanol–water partition coefficient (Wildman–Crippen LogP) is 2.90. The lowest BCUT2D eigenvalue weighted by Gasteiger charge is -2.11. The maximum absolute atomic E-state index is 12.2. The van der Waals surface area contributed by atoms with Gasteiger partial charge in [0.2, 0.25) is 0 Å². The molecule has 0 unspecified atom stereocenters. The van der Waals surface area contributed by atoms with Crippen LogP contribution in [0.5, 0.6) is 17.2 Å². The Morgan fingerprint density at radius 2 is 1.69 bits per heavy atom. The summed E-state index contributed by atoms with van der Waals surface area (Å²) in [6.07, 6.45) is 0. The Bertz CT molecular complexity index is 774. The molecule has 0 aromatic heterocycles. The lowest BCUT2D eigenvalue weighted by Crippen LogP contribution is -2.21. The first-order valence-electron chi connectivity index (χ1n) is 7.99. The van der Waals surface area contributed by atoms with E-state index in [0.717, 1.165) is 0 Å². The molecule has 1 amide bonds. The molecule has 26 heavy (non-hydrogen) atoms. The van der Waals surface area contributed by atoms with Crippen LogP contribution < -0.4 is 19.5 Å². The first-order valence-corrected chi connectivity index (χ1v) is 7.99. The van der Waals surface area contributed by atoms with Gasteiger partial charge < -0.3 is 24.3 Å². The van der Waals surface area contributed by atoms with E-state index in [1.807, 2.05) is 6.92 Å². The number of ether oxygens (including phenoxy) is 4. The second-order valence-electron chi connectivity index (χ2n) is 5.12. The number of hydrogen-bond acceptors (Lipinski definition) is 6. The van der Waals surface area contributed by atoms with Crippen LogP contribution in [0.4, 0.5) is 5.69 Å². The third kappa shape index (κ3) is 4.89. The summed E-state index contributed by atoms with van der Waals surface area (Å²) in [5.41, 5.74) is 0.770. The number of anilines is 1. The highest BCUT2D eigenvalue weighted by molar-refractivity contribution is 5.96. The van der Waals surface area contributed by atoms with Gasteiger partial charge in [-0.2, -0.15) is 0 Å². The number of para-hydroxylation sites is 1. The zero-order chi connectivity index (χ0) is 18.9. The number of methoxy groups -OCH3 is 2. The van der Waals surface area contributed by atoms with Crippen LogP contribution >= 0.6 is 0 Å². The molecule has 0 aliphatic carbocycles. The van der Waals surface area contributed by atoms with E-state index in [1.54, 1.807) is 42.5 Å². The van der Waals surface area contributed by atoms with Crippen molar-refractivity contribution in [1.29, 1.82) is 0 Å². The third-order valence-electron chi connectivity index (χ3n) is 3.41. The maximum Gasteiger partial charge on any atom is 0.342 e. The number of amides is 1. The van der Waals surface area contributed by atoms with Crippen molar-refractivity contribution in [3.63, 3.8) is 0 Å². The van der Waals surface area contributed by atoms with E-state index >= 15 is 0 Å². The van der Waals surface area contributed by atoms with Crippen molar-refractivity contribution in [1.82, 2.24) is 0 Å². The molecule has 2 aromatic rings. The molecule has 7 nitrogen and oxygen atoms in total. The second-order valence-corrected chi connectivity index (χ2v) is 5.12. The third-order valence-corrected chi connectivity index (χ3v) is 3.41. The van der Waals surface area contributed by atoms with Crippen LogP contribution in [0.25, 0.3) is 0 Å². The van der Waals surface area contributed by atoms with Gasteiger partial charge in [-0.3, -0.25) is 4.79 Å². The molecule has 1 N–H and O–H groups in total. The standard InChI is InChI=1S/C19H21NO6/c1-4-25-15-8-6-5-7-14(15)19(22)26-12-18(21)20-13-9-10-16(23-2)17(11-13)24-3/h5-11H,4,12H2,1-3H3,(H,20,21). The first kappa shape index (κ1) is 19.1. The molecule has 138 valence electrons. The number of carbonyl (C=O) groups is 2. The SMILES string of the molecule is CCOc1ccccc1C(=O)OCC(=O)Nc1ccc(OC)c(OC)c1. The molecule has 0 radical (unpaired) electrons. The fourth-order valence-electron chi connectivity index (χ4n) is 2.24. The number of nitrogens with one attached hydrogen (secondary N) is 1. The van der Waals surface area contributed by atoms with Crippen molar-refractivity contribution in [2.75, 3.05) is 32.8 Å². The van der Waals surface area contributed by atoms with Crippen molar-refractivity contribution >= 4 is 17.6 Å². The number of benzene rings is 2. The average Bonchev–Trinajstić information content (AvgIpc) is 2.66. The number of esters is 1. The number of hydrogen-bond donors (Lipinski definition) is 1. The molecular formula is C19H21NO6. The fraction of sp³-hybridized carbons (Fsp3) is 0.263. The molecular weight excluding hydrogens is 338 g/mol. The highest BCUT2D eigenvalue weighted by atomic mass is 16.5. The molecule has 0 heterocycles. The van der Waals surface area contributed by atoms with Gasteiger partial charge in [0.15, 0.2) is 18.1 Å². The normalized spacial score (nSPS) is 9.96. The van der Waals surface area contributed by atoms with Gasteiger partial charge in [-0.1, -0.05) is 12.1 Å². The van der Waals surface area contributed by atoms with Crippen LogP contribution in [-0.4, -0.2) is 39.3 Å². The van der Waals surface area contributed by atoms with Crippen LogP contribution in [0.1, 0.15) is 17.3 Å². The molecule has 0 aliphatic rings. The van der Waals surface area contributed by atoms with Gasteiger partial charge in [-0.25, -0.2) is 4.79 Å². The Morgan fingerprint density at radius 3 is 2.38 bits per heavy atom. The van der Waals surface area contributed by atoms with Gasteiger partial charge in [0.1, 0.15) is 11.3 Å². The van der Waals surface area contributed by atoms with Gasteiger partial charge in [-0.15, -0.1) is 0 Å². The summed E-state index contributed by atoms with van der Waals surface area (Å²) in [5, 5.41) is 2.63. The molecule has 0 atom stereocenters. The number of carbonyl (C=O) groups excluding carboxylic acids is 2. The van der Waals surface area contributed by atoms with Crippen molar-refractivity contribution in [2.45, 2.75) is 6.92 Å². The minimum Gasteiger partial charge on any atom is -0.493 e. The Kier molecular flexibility index (Phi) is 6.84. The summed E-state index contributed by atoms with van der Waals surface area (Å²) in [5.74, 6) is 0.341. The molecule has 0 fully saturated rings. The van der Waals surface area contributed by atoms with Crippen molar-refractivity contribution in [2.24, 2.45) is 0 Å². The van der Waals surface area contributed by atoms with E-state index in [-0.39, 0.29) is 5.56 Å². The Hall–Kier alpha value is -3.22. The molecule has 2 aromatic carbocycles. The quantitative estimate of drug-likeness (QED) is 0.730. The van der Waals surface area contributed by atoms with Crippen molar-refractivity contribution < 1.29 is 28.5 Å². The molecule has 7 heteroatoms. The molecule has 2 rings (SSSR count). The second kappa shape index (κ2) is 9.31. The lowest BCUT2D eigenvalue weighted by molar-refractivity contribution is -0.119. The summed E-state index contributed by atoms with van der Waals surface area (Å²) >= 11 is 0. The zero-order valence-corrected chi connectivity index (χ0v) is 14.9. The molecule has 0 aliphatic heterocycles. The van der Waals surface area contributed by atoms with Crippen LogP contribution in [0.15, 0.2) is 42.5 Å². The summed E-state index contributed by atoms with van der Waals surface area (Å²) in [6, 6.07) is 11.6. The van der Waals surface area contributed by atoms with E-state index in [2.05, 4.69) is 5.32 Å². The molecule has 0 spiro atoms. The Balaban J connectivity index is 1.96. The monoisotopic (exact) mass is 359 g/mol. The van der Waals surface area contributed by atoms with Crippen molar-refractivity contribution in [3.05, 3.63) is 48.0 Å². The highest BCUT2D eigenvalue weighted by Crippen LogP contribution is 2.29. The zero-order valence-electron chi connectivity index (χ0n) is 14.9. The van der Waals surface area contributed by atoms with E-state index < -0.39 is 18.5 Å². The van der Waals surface area contributed by atoms with E-state index in [9.17, 15) is 9.59 Å². The topological polar surface area (TPSA) is 83.1 Å². The lowest BCUT2D eigenvalue weighted by atomic mass is 10.2. The van der Waals surface area contributed by atoms with Crippen LogP contribution in [0.3, 0.4) is 0 Å². The van der Waals surface area contributed by atoms with Crippen LogP contribution in [-0.2, 0) is 9.53 Å². The van der Waals surface area contributed by atoms with Crippen LogP contribution in [0.2, 0.25) is 0 Å². The van der Waals surface area contributed by atoms with E-state index in [0.29, 0.717) is 29.5 Å². The van der Waals surface area contributed by atoms with E-state index in [4.69, 9.17) is 18.9 Å². The van der Waals surface area contributed by atoms with E-state index in [1.165, 1.54) is 14.2 Å². The largest absolute Gasteiger partial charge is 0.493 e. The van der Waals surface area contributed by atoms with Crippen molar-refractivity contribution in [3.8, 4) is 17.2 Å². The van der Waals surface area contributed by atoms with Gasteiger partial charge in [-0.05, 0) is 31.2 Å². The van der Waals surface area contributed by atoms with Gasteiger partial charge >= 0.3 is 5.97 Å². The highest BCUT2D eigenvalue weighted by Gasteiger charge is 2.15.